The zero-order chi connectivity index (χ0) is 10.0. The lowest BCUT2D eigenvalue weighted by atomic mass is 9.94. The zero-order valence-corrected chi connectivity index (χ0v) is 8.86. The van der Waals surface area contributed by atoms with Crippen LogP contribution in [0.3, 0.4) is 0 Å². The summed E-state index contributed by atoms with van der Waals surface area (Å²) in [5.74, 6) is 0.361. The molecule has 80 valence electrons. The third kappa shape index (κ3) is 2.28. The van der Waals surface area contributed by atoms with Crippen molar-refractivity contribution < 1.29 is 14.2 Å². The van der Waals surface area contributed by atoms with E-state index in [1.807, 2.05) is 6.08 Å². The summed E-state index contributed by atoms with van der Waals surface area (Å²) in [6.45, 7) is 6.64. The molecule has 1 fully saturated rings. The van der Waals surface area contributed by atoms with E-state index in [2.05, 4.69) is 13.8 Å². The van der Waals surface area contributed by atoms with E-state index in [0.29, 0.717) is 5.92 Å². The highest BCUT2D eigenvalue weighted by Gasteiger charge is 2.32. The lowest BCUT2D eigenvalue weighted by molar-refractivity contribution is -0.239. The maximum Gasteiger partial charge on any atom is 0.164 e. The first-order chi connectivity index (χ1) is 6.67. The van der Waals surface area contributed by atoms with Crippen molar-refractivity contribution in [1.29, 1.82) is 0 Å². The topological polar surface area (TPSA) is 27.7 Å². The molecule has 0 aromatic carbocycles. The average Bonchev–Trinajstić information content (AvgIpc) is 2.19. The van der Waals surface area contributed by atoms with Gasteiger partial charge in [-0.1, -0.05) is 13.8 Å². The van der Waals surface area contributed by atoms with Gasteiger partial charge in [0.1, 0.15) is 0 Å². The molecule has 0 N–H and O–H groups in total. The van der Waals surface area contributed by atoms with Gasteiger partial charge in [0.2, 0.25) is 0 Å². The molecule has 0 saturated carbocycles. The van der Waals surface area contributed by atoms with Crippen LogP contribution in [-0.4, -0.2) is 26.1 Å². The highest BCUT2D eigenvalue weighted by atomic mass is 16.7. The van der Waals surface area contributed by atoms with Crippen molar-refractivity contribution in [2.24, 2.45) is 11.3 Å². The Bertz CT molecular complexity index is 213. The van der Waals surface area contributed by atoms with E-state index >= 15 is 0 Å². The van der Waals surface area contributed by atoms with Gasteiger partial charge in [0.05, 0.1) is 26.1 Å². The largest absolute Gasteiger partial charge is 0.501 e. The normalized spacial score (nSPS) is 32.6. The van der Waals surface area contributed by atoms with Gasteiger partial charge < -0.3 is 14.2 Å². The Morgan fingerprint density at radius 3 is 2.50 bits per heavy atom. The Kier molecular flexibility index (Phi) is 2.79. The molecule has 0 bridgehead atoms. The minimum absolute atomic E-state index is 0.0665. The lowest BCUT2D eigenvalue weighted by Crippen LogP contribution is -2.41. The van der Waals surface area contributed by atoms with E-state index in [0.717, 1.165) is 26.2 Å². The molecule has 0 aromatic rings. The van der Waals surface area contributed by atoms with Gasteiger partial charge in [-0.3, -0.25) is 0 Å². The minimum atomic E-state index is -0.0665. The predicted molar refractivity (Wildman–Crippen MR) is 52.7 cm³/mol. The molecule has 2 rings (SSSR count). The van der Waals surface area contributed by atoms with Gasteiger partial charge >= 0.3 is 0 Å². The SMILES string of the molecule is CC1(C)COC(C2C=COCC2)OC1. The molecule has 0 amide bonds. The second kappa shape index (κ2) is 3.91. The van der Waals surface area contributed by atoms with Crippen molar-refractivity contribution >= 4 is 0 Å². The number of ether oxygens (including phenoxy) is 3. The van der Waals surface area contributed by atoms with Crippen LogP contribution in [-0.2, 0) is 14.2 Å². The van der Waals surface area contributed by atoms with E-state index in [4.69, 9.17) is 14.2 Å². The van der Waals surface area contributed by atoms with Crippen LogP contribution in [0.4, 0.5) is 0 Å². The van der Waals surface area contributed by atoms with Gasteiger partial charge in [-0.25, -0.2) is 0 Å². The third-order valence-corrected chi connectivity index (χ3v) is 2.62. The molecule has 1 atom stereocenters. The molecule has 3 heteroatoms. The van der Waals surface area contributed by atoms with Gasteiger partial charge in [-0.2, -0.15) is 0 Å². The summed E-state index contributed by atoms with van der Waals surface area (Å²) in [7, 11) is 0. The van der Waals surface area contributed by atoms with E-state index < -0.39 is 0 Å². The smallest absolute Gasteiger partial charge is 0.164 e. The second-order valence-electron chi connectivity index (χ2n) is 4.81. The fraction of sp³-hybridized carbons (Fsp3) is 0.818. The van der Waals surface area contributed by atoms with Crippen LogP contribution in [0.2, 0.25) is 0 Å². The van der Waals surface area contributed by atoms with Crippen molar-refractivity contribution in [3.8, 4) is 0 Å². The maximum atomic E-state index is 5.70. The van der Waals surface area contributed by atoms with Crippen LogP contribution in [0.25, 0.3) is 0 Å². The van der Waals surface area contributed by atoms with Crippen LogP contribution in [0.15, 0.2) is 12.3 Å². The molecule has 14 heavy (non-hydrogen) atoms. The Labute approximate surface area is 85.0 Å². The van der Waals surface area contributed by atoms with Crippen molar-refractivity contribution in [2.75, 3.05) is 19.8 Å². The highest BCUT2D eigenvalue weighted by Crippen LogP contribution is 2.28. The predicted octanol–water partition coefficient (Wildman–Crippen LogP) is 1.94. The molecular weight excluding hydrogens is 180 g/mol. The Morgan fingerprint density at radius 1 is 1.21 bits per heavy atom. The molecule has 2 aliphatic heterocycles. The molecule has 1 unspecified atom stereocenters. The fourth-order valence-electron chi connectivity index (χ4n) is 1.70. The molecule has 0 aliphatic carbocycles. The van der Waals surface area contributed by atoms with Crippen molar-refractivity contribution in [3.63, 3.8) is 0 Å². The fourth-order valence-corrected chi connectivity index (χ4v) is 1.70. The summed E-state index contributed by atoms with van der Waals surface area (Å²) in [4.78, 5) is 0. The number of rotatable bonds is 1. The molecule has 3 nitrogen and oxygen atoms in total. The minimum Gasteiger partial charge on any atom is -0.501 e. The quantitative estimate of drug-likeness (QED) is 0.644. The molecule has 0 radical (unpaired) electrons. The summed E-state index contributed by atoms with van der Waals surface area (Å²) >= 11 is 0. The van der Waals surface area contributed by atoms with Crippen LogP contribution in [0.5, 0.6) is 0 Å². The molecular formula is C11H18O3. The molecule has 0 aromatic heterocycles. The van der Waals surface area contributed by atoms with Crippen molar-refractivity contribution in [2.45, 2.75) is 26.6 Å². The third-order valence-electron chi connectivity index (χ3n) is 2.62. The van der Waals surface area contributed by atoms with Gasteiger partial charge in [0.15, 0.2) is 6.29 Å². The first kappa shape index (κ1) is 9.99. The summed E-state index contributed by atoms with van der Waals surface area (Å²) in [5, 5.41) is 0. The standard InChI is InChI=1S/C11H18O3/c1-11(2)7-13-10(14-8-11)9-3-5-12-6-4-9/h3,5,9-10H,4,6-8H2,1-2H3. The number of hydrogen-bond donors (Lipinski definition) is 0. The summed E-state index contributed by atoms with van der Waals surface area (Å²) in [5.41, 5.74) is 0.158. The summed E-state index contributed by atoms with van der Waals surface area (Å²) in [6, 6.07) is 0. The van der Waals surface area contributed by atoms with Gasteiger partial charge in [0, 0.05) is 11.3 Å². The van der Waals surface area contributed by atoms with Crippen LogP contribution < -0.4 is 0 Å². The Hall–Kier alpha value is -0.540. The average molecular weight is 198 g/mol. The Morgan fingerprint density at radius 2 is 1.93 bits per heavy atom. The zero-order valence-electron chi connectivity index (χ0n) is 8.86. The van der Waals surface area contributed by atoms with Gasteiger partial charge in [-0.15, -0.1) is 0 Å². The van der Waals surface area contributed by atoms with Gasteiger partial charge in [0.25, 0.3) is 0 Å². The van der Waals surface area contributed by atoms with Crippen molar-refractivity contribution in [1.82, 2.24) is 0 Å². The lowest BCUT2D eigenvalue weighted by Gasteiger charge is -2.37. The summed E-state index contributed by atoms with van der Waals surface area (Å²) < 4.78 is 16.5. The van der Waals surface area contributed by atoms with Crippen LogP contribution in [0, 0.1) is 11.3 Å². The molecule has 1 saturated heterocycles. The maximum absolute atomic E-state index is 5.70. The molecule has 2 heterocycles. The first-order valence-corrected chi connectivity index (χ1v) is 5.19. The van der Waals surface area contributed by atoms with E-state index in [9.17, 15) is 0 Å². The molecule has 2 aliphatic rings. The summed E-state index contributed by atoms with van der Waals surface area (Å²) in [6.07, 6.45) is 4.71. The van der Waals surface area contributed by atoms with Crippen molar-refractivity contribution in [3.05, 3.63) is 12.3 Å². The Balaban J connectivity index is 1.88. The first-order valence-electron chi connectivity index (χ1n) is 5.19. The van der Waals surface area contributed by atoms with E-state index in [1.165, 1.54) is 0 Å². The number of hydrogen-bond acceptors (Lipinski definition) is 3. The van der Waals surface area contributed by atoms with Crippen LogP contribution in [0.1, 0.15) is 20.3 Å². The van der Waals surface area contributed by atoms with E-state index in [1.54, 1.807) is 6.26 Å². The van der Waals surface area contributed by atoms with E-state index in [-0.39, 0.29) is 11.7 Å². The second-order valence-corrected chi connectivity index (χ2v) is 4.81. The molecule has 0 spiro atoms. The van der Waals surface area contributed by atoms with Gasteiger partial charge in [-0.05, 0) is 12.5 Å². The highest BCUT2D eigenvalue weighted by molar-refractivity contribution is 4.90. The monoisotopic (exact) mass is 198 g/mol. The van der Waals surface area contributed by atoms with Crippen LogP contribution >= 0.6 is 0 Å².